The zero-order valence-electron chi connectivity index (χ0n) is 19.9. The van der Waals surface area contributed by atoms with Gasteiger partial charge >= 0.3 is 0 Å². The summed E-state index contributed by atoms with van der Waals surface area (Å²) >= 11 is 0. The van der Waals surface area contributed by atoms with Crippen molar-refractivity contribution in [2.75, 3.05) is 32.8 Å². The lowest BCUT2D eigenvalue weighted by atomic mass is 9.97. The molecule has 5 rings (SSSR count). The Kier molecular flexibility index (Phi) is 6.12. The fourth-order valence-electron chi connectivity index (χ4n) is 5.36. The second kappa shape index (κ2) is 9.07. The molecule has 3 aliphatic heterocycles. The van der Waals surface area contributed by atoms with Crippen molar-refractivity contribution < 1.29 is 19.0 Å². The first-order valence-electron chi connectivity index (χ1n) is 12.0. The Hall–Kier alpha value is -2.84. The maximum absolute atomic E-state index is 14.6. The number of rotatable bonds is 4. The van der Waals surface area contributed by atoms with Gasteiger partial charge in [0.1, 0.15) is 11.6 Å². The van der Waals surface area contributed by atoms with E-state index in [4.69, 9.17) is 4.74 Å². The summed E-state index contributed by atoms with van der Waals surface area (Å²) in [6.45, 7) is 10.6. The van der Waals surface area contributed by atoms with Gasteiger partial charge in [-0.2, -0.15) is 0 Å². The van der Waals surface area contributed by atoms with Gasteiger partial charge < -0.3 is 14.7 Å². The minimum absolute atomic E-state index is 0.0438. The SMILES string of the molecule is CC1=NCc2nc(-c3ccc(O)cc3F)cc(C(=O)N3C[C@@H](C)N(CC4CCOC4)C[C@@H]3C)c21. The van der Waals surface area contributed by atoms with Crippen molar-refractivity contribution >= 4 is 11.6 Å². The third-order valence-electron chi connectivity index (χ3n) is 7.27. The zero-order valence-corrected chi connectivity index (χ0v) is 19.9. The number of aliphatic imine (C=N–C) groups is 1. The molecule has 1 aromatic heterocycles. The average Bonchev–Trinajstić information content (AvgIpc) is 3.45. The van der Waals surface area contributed by atoms with Crippen molar-refractivity contribution in [3.63, 3.8) is 0 Å². The summed E-state index contributed by atoms with van der Waals surface area (Å²) in [4.78, 5) is 27.4. The Morgan fingerprint density at radius 1 is 1.24 bits per heavy atom. The molecule has 4 heterocycles. The lowest BCUT2D eigenvalue weighted by Gasteiger charge is -2.45. The predicted octanol–water partition coefficient (Wildman–Crippen LogP) is 3.49. The van der Waals surface area contributed by atoms with Crippen LogP contribution in [0.3, 0.4) is 0 Å². The second-order valence-corrected chi connectivity index (χ2v) is 9.78. The molecule has 0 bridgehead atoms. The highest BCUT2D eigenvalue weighted by atomic mass is 19.1. The molecule has 1 unspecified atom stereocenters. The minimum Gasteiger partial charge on any atom is -0.508 e. The molecule has 2 aromatic rings. The molecule has 0 radical (unpaired) electrons. The molecular formula is C26H31FN4O3. The molecule has 0 aliphatic carbocycles. The number of phenols is 1. The number of hydrogen-bond donors (Lipinski definition) is 1. The molecule has 2 fully saturated rings. The van der Waals surface area contributed by atoms with Crippen molar-refractivity contribution in [3.8, 4) is 17.0 Å². The summed E-state index contributed by atoms with van der Waals surface area (Å²) in [6, 6.07) is 5.94. The third-order valence-corrected chi connectivity index (χ3v) is 7.27. The van der Waals surface area contributed by atoms with Crippen LogP contribution in [0.5, 0.6) is 5.75 Å². The Balaban J connectivity index is 1.45. The van der Waals surface area contributed by atoms with E-state index in [1.54, 1.807) is 6.07 Å². The number of pyridine rings is 1. The van der Waals surface area contributed by atoms with Crippen LogP contribution in [-0.2, 0) is 11.3 Å². The summed E-state index contributed by atoms with van der Waals surface area (Å²) in [5, 5.41) is 9.60. The highest BCUT2D eigenvalue weighted by Crippen LogP contribution is 2.32. The van der Waals surface area contributed by atoms with Crippen LogP contribution < -0.4 is 0 Å². The lowest BCUT2D eigenvalue weighted by Crippen LogP contribution is -2.58. The summed E-state index contributed by atoms with van der Waals surface area (Å²) in [5.41, 5.74) is 3.38. The molecule has 1 aromatic carbocycles. The van der Waals surface area contributed by atoms with Gasteiger partial charge in [-0.25, -0.2) is 9.37 Å². The van der Waals surface area contributed by atoms with E-state index in [-0.39, 0.29) is 29.3 Å². The Morgan fingerprint density at radius 3 is 2.79 bits per heavy atom. The van der Waals surface area contributed by atoms with Crippen LogP contribution >= 0.6 is 0 Å². The number of carbonyl (C=O) groups excluding carboxylic acids is 1. The number of fused-ring (bicyclic) bond motifs is 1. The second-order valence-electron chi connectivity index (χ2n) is 9.78. The summed E-state index contributed by atoms with van der Waals surface area (Å²) in [7, 11) is 0. The number of nitrogens with zero attached hydrogens (tertiary/aromatic N) is 4. The Labute approximate surface area is 199 Å². The largest absolute Gasteiger partial charge is 0.508 e. The fraction of sp³-hybridized carbons (Fsp3) is 0.500. The van der Waals surface area contributed by atoms with Crippen LogP contribution in [0.2, 0.25) is 0 Å². The molecule has 0 spiro atoms. The van der Waals surface area contributed by atoms with Gasteiger partial charge in [0.15, 0.2) is 0 Å². The Morgan fingerprint density at radius 2 is 2.06 bits per heavy atom. The first kappa shape index (κ1) is 22.9. The van der Waals surface area contributed by atoms with Gasteiger partial charge in [-0.05, 0) is 51.3 Å². The molecule has 34 heavy (non-hydrogen) atoms. The molecule has 2 saturated heterocycles. The van der Waals surface area contributed by atoms with E-state index in [9.17, 15) is 14.3 Å². The maximum atomic E-state index is 14.6. The van der Waals surface area contributed by atoms with E-state index in [0.29, 0.717) is 36.0 Å². The fourth-order valence-corrected chi connectivity index (χ4v) is 5.36. The molecule has 1 N–H and O–H groups in total. The number of ether oxygens (including phenoxy) is 1. The first-order valence-corrected chi connectivity index (χ1v) is 12.0. The molecule has 3 atom stereocenters. The molecule has 0 saturated carbocycles. The van der Waals surface area contributed by atoms with Crippen molar-refractivity contribution in [1.82, 2.24) is 14.8 Å². The third kappa shape index (κ3) is 4.20. The summed E-state index contributed by atoms with van der Waals surface area (Å²) in [5.74, 6) is -0.239. The molecule has 3 aliphatic rings. The number of amides is 1. The van der Waals surface area contributed by atoms with Gasteiger partial charge in [-0.1, -0.05) is 0 Å². The van der Waals surface area contributed by atoms with E-state index in [0.717, 1.165) is 50.1 Å². The zero-order chi connectivity index (χ0) is 24.0. The van der Waals surface area contributed by atoms with Crippen molar-refractivity contribution in [1.29, 1.82) is 0 Å². The van der Waals surface area contributed by atoms with Crippen LogP contribution in [-0.4, -0.2) is 76.4 Å². The highest BCUT2D eigenvalue weighted by molar-refractivity contribution is 6.11. The van der Waals surface area contributed by atoms with Gasteiger partial charge in [0.25, 0.3) is 5.91 Å². The van der Waals surface area contributed by atoms with Crippen molar-refractivity contribution in [2.24, 2.45) is 10.9 Å². The van der Waals surface area contributed by atoms with Gasteiger partial charge in [-0.3, -0.25) is 14.7 Å². The quantitative estimate of drug-likeness (QED) is 0.747. The van der Waals surface area contributed by atoms with Crippen molar-refractivity contribution in [2.45, 2.75) is 45.8 Å². The van der Waals surface area contributed by atoms with E-state index >= 15 is 0 Å². The van der Waals surface area contributed by atoms with Crippen molar-refractivity contribution in [3.05, 3.63) is 46.9 Å². The molecule has 7 nitrogen and oxygen atoms in total. The van der Waals surface area contributed by atoms with Crippen LogP contribution in [0.15, 0.2) is 29.3 Å². The number of carbonyl (C=O) groups is 1. The lowest BCUT2D eigenvalue weighted by molar-refractivity contribution is 0.0257. The first-order chi connectivity index (χ1) is 16.3. The standard InChI is InChI=1S/C26H31FN4O3/c1-15-12-31(16(2)11-30(15)13-18-6-7-34-14-18)26(33)21-9-23(20-5-4-19(32)8-22(20)27)29-24-10-28-17(3)25(21)24/h4-5,8-9,15-16,18,32H,6-7,10-14H2,1-3H3/t15-,16+,18?/m1/s1. The number of aromatic hydroxyl groups is 1. The van der Waals surface area contributed by atoms with Crippen LogP contribution in [0.4, 0.5) is 4.39 Å². The monoisotopic (exact) mass is 466 g/mol. The Bertz CT molecular complexity index is 1150. The molecule has 8 heteroatoms. The molecular weight excluding hydrogens is 435 g/mol. The van der Waals surface area contributed by atoms with E-state index < -0.39 is 5.82 Å². The van der Waals surface area contributed by atoms with E-state index in [1.165, 1.54) is 12.1 Å². The van der Waals surface area contributed by atoms with Gasteiger partial charge in [-0.15, -0.1) is 0 Å². The number of piperazine rings is 1. The van der Waals surface area contributed by atoms with Crippen LogP contribution in [0.25, 0.3) is 11.3 Å². The minimum atomic E-state index is -0.576. The van der Waals surface area contributed by atoms with E-state index in [1.807, 2.05) is 11.8 Å². The topological polar surface area (TPSA) is 78.3 Å². The van der Waals surface area contributed by atoms with E-state index in [2.05, 4.69) is 28.7 Å². The van der Waals surface area contributed by atoms with Gasteiger partial charge in [0.05, 0.1) is 30.1 Å². The average molecular weight is 467 g/mol. The number of halogens is 1. The van der Waals surface area contributed by atoms with Crippen LogP contribution in [0.1, 0.15) is 48.8 Å². The number of phenolic OH excluding ortho intramolecular Hbond substituents is 1. The van der Waals surface area contributed by atoms with Crippen LogP contribution in [0, 0.1) is 11.7 Å². The number of benzene rings is 1. The number of aromatic nitrogens is 1. The normalized spacial score (nSPS) is 24.9. The van der Waals surface area contributed by atoms with Gasteiger partial charge in [0, 0.05) is 61.2 Å². The molecule has 180 valence electrons. The predicted molar refractivity (Wildman–Crippen MR) is 128 cm³/mol. The summed E-state index contributed by atoms with van der Waals surface area (Å²) < 4.78 is 20.2. The smallest absolute Gasteiger partial charge is 0.255 e. The highest BCUT2D eigenvalue weighted by Gasteiger charge is 2.36. The molecule has 1 amide bonds. The number of hydrogen-bond acceptors (Lipinski definition) is 6. The summed E-state index contributed by atoms with van der Waals surface area (Å²) in [6.07, 6.45) is 1.10. The van der Waals surface area contributed by atoms with Gasteiger partial charge in [0.2, 0.25) is 0 Å². The maximum Gasteiger partial charge on any atom is 0.255 e.